The van der Waals surface area contributed by atoms with Crippen molar-refractivity contribution in [2.45, 2.75) is 39.2 Å². The number of benzene rings is 2. The van der Waals surface area contributed by atoms with Crippen molar-refractivity contribution < 1.29 is 4.74 Å². The van der Waals surface area contributed by atoms with Crippen LogP contribution in [0.3, 0.4) is 0 Å². The molecule has 4 aromatic rings. The zero-order chi connectivity index (χ0) is 20.8. The molecular formula is C24H26N4O2. The van der Waals surface area contributed by atoms with Crippen LogP contribution in [-0.4, -0.2) is 26.1 Å². The van der Waals surface area contributed by atoms with Gasteiger partial charge in [-0.15, -0.1) is 0 Å². The number of aromatic nitrogens is 4. The Labute approximate surface area is 175 Å². The van der Waals surface area contributed by atoms with E-state index in [1.54, 1.807) is 6.33 Å². The fourth-order valence-corrected chi connectivity index (χ4v) is 3.47. The van der Waals surface area contributed by atoms with Crippen LogP contribution < -0.4 is 10.3 Å². The van der Waals surface area contributed by atoms with Crippen molar-refractivity contribution in [3.63, 3.8) is 0 Å². The first-order valence-corrected chi connectivity index (χ1v) is 10.5. The van der Waals surface area contributed by atoms with Gasteiger partial charge in [-0.25, -0.2) is 9.97 Å². The molecule has 0 saturated heterocycles. The van der Waals surface area contributed by atoms with Gasteiger partial charge in [-0.2, -0.15) is 0 Å². The Hall–Kier alpha value is -3.41. The second kappa shape index (κ2) is 9.39. The fraction of sp³-hybridized carbons (Fsp3) is 0.292. The summed E-state index contributed by atoms with van der Waals surface area (Å²) in [5, 5.41) is 0. The highest BCUT2D eigenvalue weighted by Crippen LogP contribution is 2.22. The van der Waals surface area contributed by atoms with E-state index in [0.29, 0.717) is 30.1 Å². The number of ether oxygens (including phenoxy) is 1. The third kappa shape index (κ3) is 4.59. The van der Waals surface area contributed by atoms with Gasteiger partial charge in [-0.05, 0) is 24.1 Å². The lowest BCUT2D eigenvalue weighted by Gasteiger charge is -2.08. The summed E-state index contributed by atoms with van der Waals surface area (Å²) >= 11 is 0. The van der Waals surface area contributed by atoms with E-state index in [-0.39, 0.29) is 5.56 Å². The van der Waals surface area contributed by atoms with Gasteiger partial charge in [-0.1, -0.05) is 68.7 Å². The molecule has 6 heteroatoms. The normalized spacial score (nSPS) is 11.1. The minimum atomic E-state index is -0.200. The Morgan fingerprint density at radius 2 is 1.90 bits per heavy atom. The smallest absolute Gasteiger partial charge is 0.277 e. The molecule has 6 nitrogen and oxygen atoms in total. The highest BCUT2D eigenvalue weighted by molar-refractivity contribution is 5.73. The lowest BCUT2D eigenvalue weighted by atomic mass is 10.2. The average Bonchev–Trinajstić information content (AvgIpc) is 3.18. The van der Waals surface area contributed by atoms with E-state index in [4.69, 9.17) is 4.74 Å². The van der Waals surface area contributed by atoms with Gasteiger partial charge in [-0.3, -0.25) is 4.79 Å². The Morgan fingerprint density at radius 3 is 2.73 bits per heavy atom. The van der Waals surface area contributed by atoms with E-state index in [2.05, 4.69) is 21.9 Å². The molecule has 0 unspecified atom stereocenters. The topological polar surface area (TPSA) is 72.8 Å². The van der Waals surface area contributed by atoms with E-state index >= 15 is 0 Å². The predicted molar refractivity (Wildman–Crippen MR) is 119 cm³/mol. The molecule has 2 heterocycles. The SMILES string of the molecule is CCCCCCOc1cccc(-c2nc3ncn(Cc4ccccc4)c3c(=O)[nH]2)c1. The number of rotatable bonds is 9. The zero-order valence-electron chi connectivity index (χ0n) is 17.2. The number of hydrogen-bond donors (Lipinski definition) is 1. The number of H-pyrrole nitrogens is 1. The third-order valence-corrected chi connectivity index (χ3v) is 5.05. The highest BCUT2D eigenvalue weighted by atomic mass is 16.5. The first-order valence-electron chi connectivity index (χ1n) is 10.5. The maximum absolute atomic E-state index is 12.8. The molecule has 0 aliphatic carbocycles. The average molecular weight is 402 g/mol. The molecule has 0 fully saturated rings. The molecule has 30 heavy (non-hydrogen) atoms. The number of imidazole rings is 1. The number of aromatic amines is 1. The highest BCUT2D eigenvalue weighted by Gasteiger charge is 2.12. The number of fused-ring (bicyclic) bond motifs is 1. The van der Waals surface area contributed by atoms with Crippen LogP contribution in [0, 0.1) is 0 Å². The maximum atomic E-state index is 12.8. The van der Waals surface area contributed by atoms with Crippen LogP contribution in [-0.2, 0) is 6.54 Å². The summed E-state index contributed by atoms with van der Waals surface area (Å²) in [4.78, 5) is 24.7. The van der Waals surface area contributed by atoms with Gasteiger partial charge in [0.05, 0.1) is 12.9 Å². The third-order valence-electron chi connectivity index (χ3n) is 5.05. The molecule has 0 atom stereocenters. The Balaban J connectivity index is 1.55. The Kier molecular flexibility index (Phi) is 6.23. The van der Waals surface area contributed by atoms with Gasteiger partial charge >= 0.3 is 0 Å². The molecule has 1 N–H and O–H groups in total. The number of nitrogens with one attached hydrogen (secondary N) is 1. The Bertz CT molecular complexity index is 1160. The van der Waals surface area contributed by atoms with Gasteiger partial charge in [0.15, 0.2) is 11.2 Å². The lowest BCUT2D eigenvalue weighted by Crippen LogP contribution is -2.13. The van der Waals surface area contributed by atoms with Crippen molar-refractivity contribution in [3.05, 3.63) is 76.8 Å². The second-order valence-electron chi connectivity index (χ2n) is 7.38. The summed E-state index contributed by atoms with van der Waals surface area (Å²) < 4.78 is 7.69. The molecule has 0 saturated carbocycles. The minimum absolute atomic E-state index is 0.200. The van der Waals surface area contributed by atoms with Crippen LogP contribution in [0.25, 0.3) is 22.6 Å². The summed E-state index contributed by atoms with van der Waals surface area (Å²) in [5.74, 6) is 1.27. The van der Waals surface area contributed by atoms with Gasteiger partial charge in [0.2, 0.25) is 0 Å². The number of nitrogens with zero attached hydrogens (tertiary/aromatic N) is 3. The van der Waals surface area contributed by atoms with Crippen molar-refractivity contribution in [2.75, 3.05) is 6.61 Å². The van der Waals surface area contributed by atoms with Gasteiger partial charge < -0.3 is 14.3 Å². The van der Waals surface area contributed by atoms with Gasteiger partial charge in [0, 0.05) is 12.1 Å². The maximum Gasteiger partial charge on any atom is 0.277 e. The van der Waals surface area contributed by atoms with Crippen molar-refractivity contribution in [1.29, 1.82) is 0 Å². The molecule has 0 aliphatic heterocycles. The second-order valence-corrected chi connectivity index (χ2v) is 7.38. The summed E-state index contributed by atoms with van der Waals surface area (Å²) in [6.07, 6.45) is 6.31. The van der Waals surface area contributed by atoms with Crippen LogP contribution in [0.15, 0.2) is 65.7 Å². The summed E-state index contributed by atoms with van der Waals surface area (Å²) in [6, 6.07) is 17.6. The summed E-state index contributed by atoms with van der Waals surface area (Å²) in [6.45, 7) is 3.46. The molecule has 154 valence electrons. The van der Waals surface area contributed by atoms with Crippen molar-refractivity contribution in [2.24, 2.45) is 0 Å². The minimum Gasteiger partial charge on any atom is -0.494 e. The molecule has 0 bridgehead atoms. The van der Waals surface area contributed by atoms with E-state index in [9.17, 15) is 4.79 Å². The van der Waals surface area contributed by atoms with Crippen LogP contribution in [0.5, 0.6) is 5.75 Å². The first kappa shape index (κ1) is 19.9. The molecule has 4 rings (SSSR count). The van der Waals surface area contributed by atoms with E-state index in [1.165, 1.54) is 19.3 Å². The van der Waals surface area contributed by atoms with Crippen LogP contribution >= 0.6 is 0 Å². The van der Waals surface area contributed by atoms with Crippen LogP contribution in [0.2, 0.25) is 0 Å². The van der Waals surface area contributed by atoms with Crippen molar-refractivity contribution in [3.8, 4) is 17.1 Å². The van der Waals surface area contributed by atoms with E-state index in [1.807, 2.05) is 59.2 Å². The standard InChI is InChI=1S/C24H26N4O2/c1-2-3-4-8-14-30-20-13-9-12-19(15-20)22-26-23-21(24(29)27-22)28(17-25-23)16-18-10-6-5-7-11-18/h5-7,9-13,15,17H,2-4,8,14,16H2,1H3,(H,26,27,29). The molecule has 0 spiro atoms. The van der Waals surface area contributed by atoms with Crippen LogP contribution in [0.1, 0.15) is 38.2 Å². The number of unbranched alkanes of at least 4 members (excludes halogenated alkanes) is 3. The quantitative estimate of drug-likeness (QED) is 0.408. The molecule has 0 radical (unpaired) electrons. The lowest BCUT2D eigenvalue weighted by molar-refractivity contribution is 0.305. The molecule has 0 amide bonds. The van der Waals surface area contributed by atoms with Crippen molar-refractivity contribution in [1.82, 2.24) is 19.5 Å². The fourth-order valence-electron chi connectivity index (χ4n) is 3.47. The summed E-state index contributed by atoms with van der Waals surface area (Å²) in [7, 11) is 0. The first-order chi connectivity index (χ1) is 14.7. The van der Waals surface area contributed by atoms with Crippen molar-refractivity contribution >= 4 is 11.2 Å². The Morgan fingerprint density at radius 1 is 1.03 bits per heavy atom. The van der Waals surface area contributed by atoms with Gasteiger partial charge in [0.25, 0.3) is 5.56 Å². The monoisotopic (exact) mass is 402 g/mol. The molecule has 2 aromatic carbocycles. The predicted octanol–water partition coefficient (Wildman–Crippen LogP) is 4.79. The van der Waals surface area contributed by atoms with E-state index < -0.39 is 0 Å². The van der Waals surface area contributed by atoms with Crippen LogP contribution in [0.4, 0.5) is 0 Å². The largest absolute Gasteiger partial charge is 0.494 e. The van der Waals surface area contributed by atoms with Gasteiger partial charge in [0.1, 0.15) is 11.6 Å². The van der Waals surface area contributed by atoms with E-state index in [0.717, 1.165) is 23.3 Å². The molecular weight excluding hydrogens is 376 g/mol. The zero-order valence-corrected chi connectivity index (χ0v) is 17.2. The molecule has 0 aliphatic rings. The number of hydrogen-bond acceptors (Lipinski definition) is 4. The molecule has 2 aromatic heterocycles. The summed E-state index contributed by atoms with van der Waals surface area (Å²) in [5.41, 5.74) is 2.62.